The molecule has 0 aliphatic heterocycles. The molecule has 7 nitrogen and oxygen atoms in total. The molecule has 0 atom stereocenters. The molecule has 0 spiro atoms. The number of carbonyl (C=O) groups is 1. The molecule has 2 heterocycles. The highest BCUT2D eigenvalue weighted by Gasteiger charge is 2.18. The van der Waals surface area contributed by atoms with Crippen LogP contribution in [0.4, 0.5) is 5.82 Å². The Hall–Kier alpha value is -2.92. The number of nitrogens with zero attached hydrogens (tertiary/aromatic N) is 4. The van der Waals surface area contributed by atoms with Crippen LogP contribution in [0.3, 0.4) is 0 Å². The molecule has 24 heavy (non-hydrogen) atoms. The average molecular weight is 386 g/mol. The molecule has 0 bridgehead atoms. The van der Waals surface area contributed by atoms with Gasteiger partial charge < -0.3 is 10.5 Å². The number of halogens is 1. The lowest BCUT2D eigenvalue weighted by atomic mass is 10.1. The van der Waals surface area contributed by atoms with Crippen LogP contribution in [-0.2, 0) is 4.74 Å². The van der Waals surface area contributed by atoms with Crippen molar-refractivity contribution in [3.63, 3.8) is 0 Å². The van der Waals surface area contributed by atoms with Crippen LogP contribution in [0.15, 0.2) is 34.9 Å². The lowest BCUT2D eigenvalue weighted by molar-refractivity contribution is 0.0519. The molecule has 8 heteroatoms. The largest absolute Gasteiger partial charge is 0.461 e. The van der Waals surface area contributed by atoms with Gasteiger partial charge in [-0.05, 0) is 35.0 Å². The van der Waals surface area contributed by atoms with Gasteiger partial charge in [-0.3, -0.25) is 0 Å². The molecule has 0 unspecified atom stereocenters. The molecule has 1 aromatic carbocycles. The quantitative estimate of drug-likeness (QED) is 0.694. The highest BCUT2D eigenvalue weighted by atomic mass is 79.9. The van der Waals surface area contributed by atoms with Crippen molar-refractivity contribution >= 4 is 33.2 Å². The molecule has 3 aromatic rings. The number of hydrogen-bond donors (Lipinski definition) is 1. The van der Waals surface area contributed by atoms with Crippen LogP contribution in [0, 0.1) is 11.3 Å². The second kappa shape index (κ2) is 6.29. The maximum atomic E-state index is 11.9. The minimum absolute atomic E-state index is 0.147. The average Bonchev–Trinajstić information content (AvgIpc) is 3.05. The molecule has 120 valence electrons. The first-order valence-electron chi connectivity index (χ1n) is 7.07. The maximum absolute atomic E-state index is 11.9. The van der Waals surface area contributed by atoms with Crippen LogP contribution >= 0.6 is 15.9 Å². The maximum Gasteiger partial charge on any atom is 0.358 e. The summed E-state index contributed by atoms with van der Waals surface area (Å²) in [5.74, 6) is -0.306. The third-order valence-corrected chi connectivity index (χ3v) is 4.05. The zero-order chi connectivity index (χ0) is 17.3. The SMILES string of the molecule is CCOC(=O)c1cc2c(N)nc(-c3cccc(C#N)c3)c(Br)n2n1. The second-order valence-electron chi connectivity index (χ2n) is 4.88. The van der Waals surface area contributed by atoms with Gasteiger partial charge in [0.15, 0.2) is 5.69 Å². The lowest BCUT2D eigenvalue weighted by Crippen LogP contribution is -2.06. The number of anilines is 1. The molecule has 3 rings (SSSR count). The Kier molecular flexibility index (Phi) is 4.18. The van der Waals surface area contributed by atoms with E-state index in [2.05, 4.69) is 32.1 Å². The summed E-state index contributed by atoms with van der Waals surface area (Å²) in [5, 5.41) is 13.3. The van der Waals surface area contributed by atoms with Crippen LogP contribution in [0.5, 0.6) is 0 Å². The van der Waals surface area contributed by atoms with E-state index in [1.807, 2.05) is 6.07 Å². The monoisotopic (exact) mass is 385 g/mol. The third kappa shape index (κ3) is 2.70. The Morgan fingerprint density at radius 1 is 1.46 bits per heavy atom. The number of fused-ring (bicyclic) bond motifs is 1. The zero-order valence-corrected chi connectivity index (χ0v) is 14.2. The second-order valence-corrected chi connectivity index (χ2v) is 5.63. The molecule has 2 aromatic heterocycles. The fourth-order valence-corrected chi connectivity index (χ4v) is 2.85. The number of rotatable bonds is 3. The van der Waals surface area contributed by atoms with Crippen LogP contribution in [0.2, 0.25) is 0 Å². The fourth-order valence-electron chi connectivity index (χ4n) is 2.26. The molecule has 2 N–H and O–H groups in total. The summed E-state index contributed by atoms with van der Waals surface area (Å²) in [6.45, 7) is 1.98. The van der Waals surface area contributed by atoms with E-state index in [4.69, 9.17) is 15.7 Å². The topological polar surface area (TPSA) is 106 Å². The number of nitriles is 1. The van der Waals surface area contributed by atoms with E-state index < -0.39 is 5.97 Å². The summed E-state index contributed by atoms with van der Waals surface area (Å²) in [6.07, 6.45) is 0. The van der Waals surface area contributed by atoms with Gasteiger partial charge in [-0.15, -0.1) is 0 Å². The molecular weight excluding hydrogens is 374 g/mol. The van der Waals surface area contributed by atoms with Crippen molar-refractivity contribution in [2.45, 2.75) is 6.92 Å². The van der Waals surface area contributed by atoms with E-state index >= 15 is 0 Å². The summed E-state index contributed by atoms with van der Waals surface area (Å²) >= 11 is 3.45. The molecular formula is C16H12BrN5O2. The zero-order valence-electron chi connectivity index (χ0n) is 12.7. The van der Waals surface area contributed by atoms with E-state index in [9.17, 15) is 4.79 Å². The van der Waals surface area contributed by atoms with Crippen molar-refractivity contribution < 1.29 is 9.53 Å². The van der Waals surface area contributed by atoms with Crippen molar-refractivity contribution in [3.8, 4) is 17.3 Å². The number of hydrogen-bond acceptors (Lipinski definition) is 6. The van der Waals surface area contributed by atoms with Gasteiger partial charge in [0.05, 0.1) is 18.2 Å². The van der Waals surface area contributed by atoms with Gasteiger partial charge >= 0.3 is 5.97 Å². The summed E-state index contributed by atoms with van der Waals surface area (Å²) in [7, 11) is 0. The van der Waals surface area contributed by atoms with Gasteiger partial charge in [0.2, 0.25) is 0 Å². The number of benzene rings is 1. The summed E-state index contributed by atoms with van der Waals surface area (Å²) in [5.41, 5.74) is 8.39. The highest BCUT2D eigenvalue weighted by Crippen LogP contribution is 2.30. The lowest BCUT2D eigenvalue weighted by Gasteiger charge is -2.08. The van der Waals surface area contributed by atoms with Gasteiger partial charge in [0.25, 0.3) is 0 Å². The van der Waals surface area contributed by atoms with Gasteiger partial charge in [0.1, 0.15) is 21.6 Å². The van der Waals surface area contributed by atoms with Crippen molar-refractivity contribution in [2.75, 3.05) is 12.3 Å². The predicted molar refractivity (Wildman–Crippen MR) is 91.2 cm³/mol. The number of esters is 1. The predicted octanol–water partition coefficient (Wildman–Crippen LogP) is 2.79. The standard InChI is InChI=1S/C16H12BrN5O2/c1-2-24-16(23)11-7-12-15(19)20-13(14(17)22(12)21-11)10-5-3-4-9(6-10)8-18/h3-7H,2H2,1H3,(H2,19,20). The number of carbonyl (C=O) groups excluding carboxylic acids is 1. The Labute approximate surface area is 145 Å². The van der Waals surface area contributed by atoms with Crippen molar-refractivity contribution in [1.29, 1.82) is 5.26 Å². The highest BCUT2D eigenvalue weighted by molar-refractivity contribution is 9.10. The number of ether oxygens (including phenoxy) is 1. The first kappa shape index (κ1) is 16.0. The Morgan fingerprint density at radius 2 is 2.25 bits per heavy atom. The van der Waals surface area contributed by atoms with E-state index in [1.165, 1.54) is 10.6 Å². The van der Waals surface area contributed by atoms with E-state index in [1.54, 1.807) is 25.1 Å². The summed E-state index contributed by atoms with van der Waals surface area (Å²) in [4.78, 5) is 16.2. The van der Waals surface area contributed by atoms with E-state index in [-0.39, 0.29) is 18.1 Å². The minimum atomic E-state index is -0.527. The Balaban J connectivity index is 2.19. The first-order chi connectivity index (χ1) is 11.5. The third-order valence-electron chi connectivity index (χ3n) is 3.34. The van der Waals surface area contributed by atoms with Crippen molar-refractivity contribution in [1.82, 2.24) is 14.6 Å². The molecule has 0 saturated heterocycles. The number of nitrogens with two attached hydrogens (primary N) is 1. The minimum Gasteiger partial charge on any atom is -0.461 e. The molecule has 0 aliphatic carbocycles. The van der Waals surface area contributed by atoms with E-state index in [0.29, 0.717) is 26.9 Å². The van der Waals surface area contributed by atoms with Gasteiger partial charge in [-0.1, -0.05) is 12.1 Å². The van der Waals surface area contributed by atoms with Crippen LogP contribution in [0.1, 0.15) is 23.0 Å². The van der Waals surface area contributed by atoms with Gasteiger partial charge in [-0.2, -0.15) is 10.4 Å². The number of nitrogen functional groups attached to an aromatic ring is 1. The van der Waals surface area contributed by atoms with Crippen molar-refractivity contribution in [3.05, 3.63) is 46.2 Å². The van der Waals surface area contributed by atoms with Gasteiger partial charge in [-0.25, -0.2) is 14.3 Å². The summed E-state index contributed by atoms with van der Waals surface area (Å²) < 4.78 is 6.97. The van der Waals surface area contributed by atoms with E-state index in [0.717, 1.165) is 0 Å². The molecule has 0 amide bonds. The first-order valence-corrected chi connectivity index (χ1v) is 7.87. The Bertz CT molecular complexity index is 990. The summed E-state index contributed by atoms with van der Waals surface area (Å²) in [6, 6.07) is 10.6. The van der Waals surface area contributed by atoms with Crippen LogP contribution < -0.4 is 5.73 Å². The fraction of sp³-hybridized carbons (Fsp3) is 0.125. The normalized spacial score (nSPS) is 10.5. The number of aromatic nitrogens is 3. The molecule has 0 saturated carbocycles. The molecule has 0 radical (unpaired) electrons. The molecule has 0 aliphatic rings. The molecule has 0 fully saturated rings. The Morgan fingerprint density at radius 3 is 2.96 bits per heavy atom. The van der Waals surface area contributed by atoms with Crippen molar-refractivity contribution in [2.24, 2.45) is 0 Å². The van der Waals surface area contributed by atoms with Crippen LogP contribution in [0.25, 0.3) is 16.8 Å². The smallest absolute Gasteiger partial charge is 0.358 e. The van der Waals surface area contributed by atoms with Crippen LogP contribution in [-0.4, -0.2) is 27.2 Å². The van der Waals surface area contributed by atoms with Gasteiger partial charge in [0, 0.05) is 11.6 Å².